The number of aryl methyl sites for hydroxylation is 2. The van der Waals surface area contributed by atoms with Crippen molar-refractivity contribution < 1.29 is 8.42 Å². The van der Waals surface area contributed by atoms with Crippen LogP contribution in [-0.2, 0) is 9.84 Å². The minimum Gasteiger partial charge on any atom is -0.348 e. The third kappa shape index (κ3) is 3.71. The van der Waals surface area contributed by atoms with Crippen molar-refractivity contribution in [2.75, 3.05) is 18.0 Å². The van der Waals surface area contributed by atoms with Gasteiger partial charge in [-0.25, -0.2) is 13.4 Å². The molecule has 0 aliphatic carbocycles. The lowest BCUT2D eigenvalue weighted by atomic mass is 10.1. The van der Waals surface area contributed by atoms with E-state index in [1.54, 1.807) is 23.5 Å². The van der Waals surface area contributed by atoms with Gasteiger partial charge in [0.2, 0.25) is 0 Å². The van der Waals surface area contributed by atoms with Gasteiger partial charge in [0, 0.05) is 24.0 Å². The van der Waals surface area contributed by atoms with Crippen LogP contribution >= 0.6 is 11.3 Å². The van der Waals surface area contributed by atoms with Crippen molar-refractivity contribution in [3.63, 3.8) is 0 Å². The van der Waals surface area contributed by atoms with Crippen LogP contribution in [0, 0.1) is 13.8 Å². The normalized spacial score (nSPS) is 15.7. The van der Waals surface area contributed by atoms with Crippen LogP contribution in [0.4, 0.5) is 5.13 Å². The van der Waals surface area contributed by atoms with E-state index in [4.69, 9.17) is 4.98 Å². The Morgan fingerprint density at radius 2 is 1.68 bits per heavy atom. The molecule has 0 saturated carbocycles. The number of piperidine rings is 1. The first kappa shape index (κ1) is 19.2. The van der Waals surface area contributed by atoms with Gasteiger partial charge < -0.3 is 4.90 Å². The summed E-state index contributed by atoms with van der Waals surface area (Å²) in [5.74, 6) is 0. The highest BCUT2D eigenvalue weighted by Gasteiger charge is 2.32. The highest BCUT2D eigenvalue weighted by atomic mass is 32.2. The first-order valence-electron chi connectivity index (χ1n) is 9.52. The summed E-state index contributed by atoms with van der Waals surface area (Å²) in [6.07, 6.45) is 1.27. The van der Waals surface area contributed by atoms with E-state index in [0.29, 0.717) is 17.7 Å². The second-order valence-corrected chi connectivity index (χ2v) is 10.4. The minimum atomic E-state index is -3.27. The number of hydrogen-bond acceptors (Lipinski definition) is 5. The van der Waals surface area contributed by atoms with Crippen LogP contribution in [-0.4, -0.2) is 31.7 Å². The summed E-state index contributed by atoms with van der Waals surface area (Å²) in [6, 6.07) is 15.4. The summed E-state index contributed by atoms with van der Waals surface area (Å²) in [4.78, 5) is 7.47. The molecule has 0 amide bonds. The fraction of sp³-hybridized carbons (Fsp3) is 0.318. The van der Waals surface area contributed by atoms with Gasteiger partial charge in [-0.05, 0) is 44.4 Å². The molecular formula is C22H24N2O2S2. The van der Waals surface area contributed by atoms with E-state index >= 15 is 0 Å². The Morgan fingerprint density at radius 3 is 2.36 bits per heavy atom. The zero-order valence-corrected chi connectivity index (χ0v) is 17.8. The number of aromatic nitrogens is 1. The summed E-state index contributed by atoms with van der Waals surface area (Å²) in [7, 11) is -3.27. The summed E-state index contributed by atoms with van der Waals surface area (Å²) in [6.45, 7) is 5.50. The van der Waals surface area contributed by atoms with Gasteiger partial charge in [-0.1, -0.05) is 42.0 Å². The van der Waals surface area contributed by atoms with E-state index in [0.717, 1.165) is 35.0 Å². The van der Waals surface area contributed by atoms with Crippen molar-refractivity contribution in [3.05, 3.63) is 65.0 Å². The summed E-state index contributed by atoms with van der Waals surface area (Å²) >= 11 is 1.63. The quantitative estimate of drug-likeness (QED) is 0.613. The van der Waals surface area contributed by atoms with Crippen LogP contribution in [0.2, 0.25) is 0 Å². The molecule has 0 N–H and O–H groups in total. The largest absolute Gasteiger partial charge is 0.348 e. The lowest BCUT2D eigenvalue weighted by Gasteiger charge is -2.31. The Kier molecular flexibility index (Phi) is 5.25. The highest BCUT2D eigenvalue weighted by molar-refractivity contribution is 7.92. The van der Waals surface area contributed by atoms with Gasteiger partial charge >= 0.3 is 0 Å². The SMILES string of the molecule is Cc1ccc(S(=O)(=O)C2CCN(c3nc(-c4ccccc4C)cs3)CC2)cc1. The van der Waals surface area contributed by atoms with Crippen molar-refractivity contribution in [1.82, 2.24) is 4.98 Å². The standard InChI is InChI=1S/C22H24N2O2S2/c1-16-7-9-18(10-8-16)28(25,26)19-11-13-24(14-12-19)22-23-21(15-27-22)20-6-4-3-5-17(20)2/h3-10,15,19H,11-14H2,1-2H3. The molecule has 4 nitrogen and oxygen atoms in total. The van der Waals surface area contributed by atoms with Gasteiger partial charge in [0.1, 0.15) is 0 Å². The van der Waals surface area contributed by atoms with Crippen LogP contribution in [0.15, 0.2) is 58.8 Å². The number of benzene rings is 2. The number of anilines is 1. The summed E-state index contributed by atoms with van der Waals surface area (Å²) in [5, 5.41) is 2.75. The second kappa shape index (κ2) is 7.68. The third-order valence-corrected chi connectivity index (χ3v) is 8.59. The first-order valence-corrected chi connectivity index (χ1v) is 11.9. The molecule has 3 aromatic rings. The van der Waals surface area contributed by atoms with Gasteiger partial charge in [-0.3, -0.25) is 0 Å². The molecule has 0 atom stereocenters. The van der Waals surface area contributed by atoms with Gasteiger partial charge in [-0.15, -0.1) is 11.3 Å². The highest BCUT2D eigenvalue weighted by Crippen LogP contribution is 2.32. The molecule has 4 rings (SSSR count). The second-order valence-electron chi connectivity index (χ2n) is 7.37. The molecule has 0 bridgehead atoms. The number of nitrogens with zero attached hydrogens (tertiary/aromatic N) is 2. The molecular weight excluding hydrogens is 388 g/mol. The molecule has 1 saturated heterocycles. The minimum absolute atomic E-state index is 0.317. The van der Waals surface area contributed by atoms with Crippen molar-refractivity contribution in [2.24, 2.45) is 0 Å². The fourth-order valence-corrected chi connectivity index (χ4v) is 6.28. The molecule has 0 spiro atoms. The van der Waals surface area contributed by atoms with Crippen molar-refractivity contribution in [2.45, 2.75) is 36.8 Å². The predicted octanol–water partition coefficient (Wildman–Crippen LogP) is 4.87. The maximum Gasteiger partial charge on any atom is 0.185 e. The van der Waals surface area contributed by atoms with Crippen LogP contribution in [0.5, 0.6) is 0 Å². The number of thiazole rings is 1. The van der Waals surface area contributed by atoms with Crippen molar-refractivity contribution in [1.29, 1.82) is 0 Å². The van der Waals surface area contributed by atoms with Gasteiger partial charge in [-0.2, -0.15) is 0 Å². The summed E-state index contributed by atoms with van der Waals surface area (Å²) in [5.41, 5.74) is 4.43. The first-order chi connectivity index (χ1) is 13.4. The van der Waals surface area contributed by atoms with Gasteiger partial charge in [0.05, 0.1) is 15.8 Å². The van der Waals surface area contributed by atoms with Crippen LogP contribution in [0.3, 0.4) is 0 Å². The molecule has 1 fully saturated rings. The van der Waals surface area contributed by atoms with Crippen molar-refractivity contribution in [3.8, 4) is 11.3 Å². The molecule has 2 heterocycles. The van der Waals surface area contributed by atoms with Crippen LogP contribution < -0.4 is 4.90 Å². The number of rotatable bonds is 4. The lowest BCUT2D eigenvalue weighted by molar-refractivity contribution is 0.529. The fourth-order valence-electron chi connectivity index (χ4n) is 3.67. The monoisotopic (exact) mass is 412 g/mol. The molecule has 2 aromatic carbocycles. The maximum atomic E-state index is 12.9. The molecule has 28 heavy (non-hydrogen) atoms. The van der Waals surface area contributed by atoms with E-state index < -0.39 is 9.84 Å². The molecule has 6 heteroatoms. The summed E-state index contributed by atoms with van der Waals surface area (Å²) < 4.78 is 25.9. The molecule has 146 valence electrons. The number of hydrogen-bond donors (Lipinski definition) is 0. The Balaban J connectivity index is 1.46. The molecule has 1 aliphatic heterocycles. The van der Waals surface area contributed by atoms with Crippen molar-refractivity contribution >= 4 is 26.3 Å². The van der Waals surface area contributed by atoms with E-state index in [2.05, 4.69) is 29.3 Å². The van der Waals surface area contributed by atoms with E-state index in [9.17, 15) is 8.42 Å². The Labute approximate surface area is 170 Å². The van der Waals surface area contributed by atoms with Crippen LogP contribution in [0.1, 0.15) is 24.0 Å². The predicted molar refractivity (Wildman–Crippen MR) is 116 cm³/mol. The van der Waals surface area contributed by atoms with E-state index in [-0.39, 0.29) is 5.25 Å². The molecule has 0 unspecified atom stereocenters. The Bertz CT molecular complexity index is 1060. The molecule has 1 aromatic heterocycles. The van der Waals surface area contributed by atoms with E-state index in [1.807, 2.05) is 31.2 Å². The zero-order chi connectivity index (χ0) is 19.7. The van der Waals surface area contributed by atoms with Crippen LogP contribution in [0.25, 0.3) is 11.3 Å². The van der Waals surface area contributed by atoms with Gasteiger partial charge in [0.25, 0.3) is 0 Å². The smallest absolute Gasteiger partial charge is 0.185 e. The lowest BCUT2D eigenvalue weighted by Crippen LogP contribution is -2.39. The topological polar surface area (TPSA) is 50.3 Å². The Morgan fingerprint density at radius 1 is 1.00 bits per heavy atom. The Hall–Kier alpha value is -2.18. The molecule has 0 radical (unpaired) electrons. The number of sulfone groups is 1. The third-order valence-electron chi connectivity index (χ3n) is 5.41. The van der Waals surface area contributed by atoms with E-state index in [1.165, 1.54) is 5.56 Å². The van der Waals surface area contributed by atoms with Gasteiger partial charge in [0.15, 0.2) is 15.0 Å². The average molecular weight is 413 g/mol. The average Bonchev–Trinajstić information content (AvgIpc) is 3.19. The zero-order valence-electron chi connectivity index (χ0n) is 16.1. The maximum absolute atomic E-state index is 12.9. The molecule has 1 aliphatic rings.